The topological polar surface area (TPSA) is 36.7 Å². The van der Waals surface area contributed by atoms with E-state index < -0.39 is 0 Å². The van der Waals surface area contributed by atoms with Gasteiger partial charge < -0.3 is 0 Å². The summed E-state index contributed by atoms with van der Waals surface area (Å²) in [5.41, 5.74) is 3.71. The van der Waals surface area contributed by atoms with Gasteiger partial charge in [-0.2, -0.15) is 5.26 Å². The maximum Gasteiger partial charge on any atom is 0.0998 e. The van der Waals surface area contributed by atoms with Crippen molar-refractivity contribution in [2.75, 3.05) is 0 Å². The number of hydrogen-bond donors (Lipinski definition) is 0. The molecule has 0 aliphatic carbocycles. The molecule has 1 heterocycles. The van der Waals surface area contributed by atoms with Gasteiger partial charge in [0.15, 0.2) is 0 Å². The van der Waals surface area contributed by atoms with E-state index in [9.17, 15) is 5.26 Å². The quantitative estimate of drug-likeness (QED) is 0.496. The van der Waals surface area contributed by atoms with Crippen LogP contribution in [0.2, 0.25) is 0 Å². The zero-order chi connectivity index (χ0) is 14.9. The van der Waals surface area contributed by atoms with Crippen LogP contribution in [0.4, 0.5) is 0 Å². The lowest BCUT2D eigenvalue weighted by Crippen LogP contribution is -1.86. The summed E-state index contributed by atoms with van der Waals surface area (Å²) < 4.78 is 0. The number of nitriles is 1. The highest BCUT2D eigenvalue weighted by molar-refractivity contribution is 5.91. The molecular formula is C20H12N2. The lowest BCUT2D eigenvalue weighted by Gasteiger charge is -2.06. The van der Waals surface area contributed by atoms with Crippen LogP contribution in [0.25, 0.3) is 32.9 Å². The summed E-state index contributed by atoms with van der Waals surface area (Å²) >= 11 is 0. The van der Waals surface area contributed by atoms with Crippen LogP contribution in [0.15, 0.2) is 72.8 Å². The Morgan fingerprint density at radius 1 is 0.773 bits per heavy atom. The Morgan fingerprint density at radius 3 is 2.55 bits per heavy atom. The minimum Gasteiger partial charge on any atom is -0.248 e. The third-order valence-corrected chi connectivity index (χ3v) is 3.90. The molecule has 2 nitrogen and oxygen atoms in total. The van der Waals surface area contributed by atoms with Gasteiger partial charge >= 0.3 is 0 Å². The SMILES string of the molecule is N#Cc1cccc2cc(-c3ccc4ccccc4n3)ccc12. The van der Waals surface area contributed by atoms with Crippen LogP contribution in [0.3, 0.4) is 0 Å². The Kier molecular flexibility index (Phi) is 2.84. The molecule has 0 N–H and O–H groups in total. The van der Waals surface area contributed by atoms with E-state index in [1.165, 1.54) is 0 Å². The summed E-state index contributed by atoms with van der Waals surface area (Å²) in [6.07, 6.45) is 0. The molecule has 0 amide bonds. The van der Waals surface area contributed by atoms with E-state index in [2.05, 4.69) is 24.3 Å². The van der Waals surface area contributed by atoms with E-state index in [0.29, 0.717) is 5.56 Å². The Hall–Kier alpha value is -3.18. The number of fused-ring (bicyclic) bond motifs is 2. The largest absolute Gasteiger partial charge is 0.248 e. The van der Waals surface area contributed by atoms with E-state index in [0.717, 1.165) is 32.9 Å². The van der Waals surface area contributed by atoms with Crippen molar-refractivity contribution in [1.29, 1.82) is 5.26 Å². The number of benzene rings is 3. The van der Waals surface area contributed by atoms with Crippen molar-refractivity contribution >= 4 is 21.7 Å². The number of rotatable bonds is 1. The van der Waals surface area contributed by atoms with E-state index >= 15 is 0 Å². The number of pyridine rings is 1. The summed E-state index contributed by atoms with van der Waals surface area (Å²) in [4.78, 5) is 4.73. The highest BCUT2D eigenvalue weighted by Gasteiger charge is 2.05. The van der Waals surface area contributed by atoms with Crippen molar-refractivity contribution < 1.29 is 0 Å². The van der Waals surface area contributed by atoms with E-state index in [1.54, 1.807) is 0 Å². The highest BCUT2D eigenvalue weighted by atomic mass is 14.7. The number of hydrogen-bond acceptors (Lipinski definition) is 2. The van der Waals surface area contributed by atoms with Crippen LogP contribution >= 0.6 is 0 Å². The molecule has 0 saturated carbocycles. The van der Waals surface area contributed by atoms with Gasteiger partial charge in [-0.25, -0.2) is 4.98 Å². The number of nitrogens with zero attached hydrogens (tertiary/aromatic N) is 2. The standard InChI is InChI=1S/C20H12N2/c21-13-17-6-3-5-15-12-16(8-10-18(15)17)20-11-9-14-4-1-2-7-19(14)22-20/h1-12H. The second kappa shape index (κ2) is 4.98. The van der Waals surface area contributed by atoms with E-state index in [-0.39, 0.29) is 0 Å². The predicted octanol–water partition coefficient (Wildman–Crippen LogP) is 4.93. The second-order valence-electron chi connectivity index (χ2n) is 5.24. The molecule has 0 spiro atoms. The normalized spacial score (nSPS) is 10.7. The van der Waals surface area contributed by atoms with Crippen LogP contribution in [-0.2, 0) is 0 Å². The monoisotopic (exact) mass is 280 g/mol. The molecule has 0 bridgehead atoms. The molecule has 2 heteroatoms. The molecule has 0 saturated heterocycles. The molecule has 22 heavy (non-hydrogen) atoms. The Bertz CT molecular complexity index is 1040. The molecule has 0 fully saturated rings. The lowest BCUT2D eigenvalue weighted by molar-refractivity contribution is 1.40. The van der Waals surface area contributed by atoms with Crippen LogP contribution in [0.1, 0.15) is 5.56 Å². The van der Waals surface area contributed by atoms with E-state index in [1.807, 2.05) is 54.6 Å². The molecule has 0 aliphatic heterocycles. The highest BCUT2D eigenvalue weighted by Crippen LogP contribution is 2.26. The zero-order valence-electron chi connectivity index (χ0n) is 11.8. The van der Waals surface area contributed by atoms with Gasteiger partial charge in [0.2, 0.25) is 0 Å². The van der Waals surface area contributed by atoms with Crippen LogP contribution < -0.4 is 0 Å². The van der Waals surface area contributed by atoms with Crippen molar-refractivity contribution in [2.24, 2.45) is 0 Å². The van der Waals surface area contributed by atoms with Gasteiger partial charge in [0.25, 0.3) is 0 Å². The van der Waals surface area contributed by atoms with Crippen LogP contribution in [0.5, 0.6) is 0 Å². The molecule has 1 aromatic heterocycles. The summed E-state index contributed by atoms with van der Waals surface area (Å²) in [6, 6.07) is 26.4. The molecule has 0 atom stereocenters. The summed E-state index contributed by atoms with van der Waals surface area (Å²) in [5.74, 6) is 0. The summed E-state index contributed by atoms with van der Waals surface area (Å²) in [7, 11) is 0. The van der Waals surface area contributed by atoms with Crippen molar-refractivity contribution in [3.05, 3.63) is 78.4 Å². The fraction of sp³-hybridized carbons (Fsp3) is 0. The predicted molar refractivity (Wildman–Crippen MR) is 89.4 cm³/mol. The first-order chi connectivity index (χ1) is 10.8. The Morgan fingerprint density at radius 2 is 1.64 bits per heavy atom. The maximum absolute atomic E-state index is 9.18. The first kappa shape index (κ1) is 12.6. The average molecular weight is 280 g/mol. The Labute approximate surface area is 128 Å². The van der Waals surface area contributed by atoms with Gasteiger partial charge in [0, 0.05) is 10.9 Å². The second-order valence-corrected chi connectivity index (χ2v) is 5.24. The van der Waals surface area contributed by atoms with Crippen molar-refractivity contribution in [3.8, 4) is 17.3 Å². The molecule has 102 valence electrons. The fourth-order valence-corrected chi connectivity index (χ4v) is 2.77. The summed E-state index contributed by atoms with van der Waals surface area (Å²) in [6.45, 7) is 0. The summed E-state index contributed by atoms with van der Waals surface area (Å²) in [5, 5.41) is 12.4. The zero-order valence-corrected chi connectivity index (χ0v) is 11.8. The van der Waals surface area contributed by atoms with Crippen molar-refractivity contribution in [2.45, 2.75) is 0 Å². The first-order valence-electron chi connectivity index (χ1n) is 7.14. The van der Waals surface area contributed by atoms with E-state index in [4.69, 9.17) is 4.98 Å². The average Bonchev–Trinajstić information content (AvgIpc) is 2.60. The van der Waals surface area contributed by atoms with Gasteiger partial charge in [-0.1, -0.05) is 48.5 Å². The van der Waals surface area contributed by atoms with Crippen molar-refractivity contribution in [1.82, 2.24) is 4.98 Å². The Balaban J connectivity index is 1.91. The third-order valence-electron chi connectivity index (χ3n) is 3.90. The lowest BCUT2D eigenvalue weighted by atomic mass is 10.0. The molecule has 4 aromatic rings. The maximum atomic E-state index is 9.18. The molecule has 0 radical (unpaired) electrons. The van der Waals surface area contributed by atoms with Crippen LogP contribution in [-0.4, -0.2) is 4.98 Å². The first-order valence-corrected chi connectivity index (χ1v) is 7.14. The van der Waals surface area contributed by atoms with Crippen molar-refractivity contribution in [3.63, 3.8) is 0 Å². The minimum atomic E-state index is 0.704. The third kappa shape index (κ3) is 2.01. The fourth-order valence-electron chi connectivity index (χ4n) is 2.77. The molecule has 4 rings (SSSR count). The minimum absolute atomic E-state index is 0.704. The van der Waals surface area contributed by atoms with Gasteiger partial charge in [-0.15, -0.1) is 0 Å². The van der Waals surface area contributed by atoms with Gasteiger partial charge in [0.1, 0.15) is 0 Å². The molecular weight excluding hydrogens is 268 g/mol. The molecule has 3 aromatic carbocycles. The number of para-hydroxylation sites is 1. The van der Waals surface area contributed by atoms with Gasteiger partial charge in [-0.3, -0.25) is 0 Å². The molecule has 0 unspecified atom stereocenters. The van der Waals surface area contributed by atoms with Gasteiger partial charge in [0.05, 0.1) is 22.8 Å². The molecule has 0 aliphatic rings. The van der Waals surface area contributed by atoms with Gasteiger partial charge in [-0.05, 0) is 35.0 Å². The van der Waals surface area contributed by atoms with Crippen LogP contribution in [0, 0.1) is 11.3 Å². The smallest absolute Gasteiger partial charge is 0.0998 e. The number of aromatic nitrogens is 1.